The minimum absolute atomic E-state index is 0.329. The Kier molecular flexibility index (Phi) is 10.1. The fourth-order valence-corrected chi connectivity index (χ4v) is 14.9. The number of hydrogen-bond donors (Lipinski definition) is 0. The second kappa shape index (κ2) is 14.1. The number of hydrogen-bond acceptors (Lipinski definition) is 0. The van der Waals surface area contributed by atoms with Gasteiger partial charge in [-0.3, -0.25) is 0 Å². The molecule has 0 fully saturated rings. The van der Waals surface area contributed by atoms with Crippen LogP contribution in [0.3, 0.4) is 0 Å². The average Bonchev–Trinajstić information content (AvgIpc) is 3.00. The zero-order valence-electron chi connectivity index (χ0n) is 22.8. The predicted octanol–water partition coefficient (Wildman–Crippen LogP) is 7.84. The van der Waals surface area contributed by atoms with Crippen LogP contribution in [0.1, 0.15) is 13.8 Å². The molecule has 0 spiro atoms. The molecule has 0 saturated carbocycles. The molecule has 0 radical (unpaired) electrons. The van der Waals surface area contributed by atoms with Crippen molar-refractivity contribution < 1.29 is 0 Å². The zero-order chi connectivity index (χ0) is 26.9. The van der Waals surface area contributed by atoms with Crippen molar-refractivity contribution in [2.75, 3.05) is 12.3 Å². The van der Waals surface area contributed by atoms with Crippen LogP contribution in [0.5, 0.6) is 0 Å². The van der Waals surface area contributed by atoms with Gasteiger partial charge >= 0.3 is 0 Å². The molecule has 0 bridgehead atoms. The van der Waals surface area contributed by atoms with Crippen LogP contribution in [0.2, 0.25) is 0 Å². The van der Waals surface area contributed by atoms with Gasteiger partial charge in [-0.25, -0.2) is 0 Å². The van der Waals surface area contributed by atoms with Crippen molar-refractivity contribution in [3.8, 4) is 0 Å². The van der Waals surface area contributed by atoms with Gasteiger partial charge in [0.15, 0.2) is 0 Å². The van der Waals surface area contributed by atoms with E-state index < -0.39 is 15.8 Å². The predicted molar refractivity (Wildman–Crippen MR) is 180 cm³/mol. The van der Waals surface area contributed by atoms with E-state index in [0.717, 1.165) is 0 Å². The van der Waals surface area contributed by atoms with Gasteiger partial charge in [0, 0.05) is 0 Å². The molecule has 0 nitrogen and oxygen atoms in total. The molecule has 0 N–H and O–H groups in total. The van der Waals surface area contributed by atoms with Crippen molar-refractivity contribution in [2.24, 2.45) is 0 Å². The molecule has 0 amide bonds. The molecule has 3 heteroatoms. The number of benzene rings is 5. The summed E-state index contributed by atoms with van der Waals surface area (Å²) in [5, 5.41) is 7.48. The van der Waals surface area contributed by atoms with Gasteiger partial charge in [-0.1, -0.05) is 173 Å². The van der Waals surface area contributed by atoms with Crippen LogP contribution in [0, 0.1) is 0 Å². The van der Waals surface area contributed by atoms with E-state index in [0.29, 0.717) is 11.3 Å². The lowest BCUT2D eigenvalue weighted by Gasteiger charge is -2.33. The van der Waals surface area contributed by atoms with E-state index in [2.05, 4.69) is 166 Å². The molecule has 5 aromatic carbocycles. The van der Waals surface area contributed by atoms with E-state index in [-0.39, 0.29) is 7.92 Å². The first-order valence-electron chi connectivity index (χ1n) is 13.8. The van der Waals surface area contributed by atoms with E-state index >= 15 is 0 Å². The minimum Gasteiger partial charge on any atom is -0.0740 e. The number of rotatable bonds is 11. The van der Waals surface area contributed by atoms with Gasteiger partial charge < -0.3 is 0 Å². The Labute approximate surface area is 238 Å². The molecule has 5 rings (SSSR count). The molecular formula is C36H37P3. The smallest absolute Gasteiger partial charge is 0.0115 e. The monoisotopic (exact) mass is 562 g/mol. The van der Waals surface area contributed by atoms with Crippen LogP contribution in [0.15, 0.2) is 152 Å². The highest BCUT2D eigenvalue weighted by Gasteiger charge is 2.28. The first-order chi connectivity index (χ1) is 19.2. The Morgan fingerprint density at radius 2 is 0.590 bits per heavy atom. The summed E-state index contributed by atoms with van der Waals surface area (Å²) >= 11 is 0. The molecule has 0 aromatic heterocycles. The summed E-state index contributed by atoms with van der Waals surface area (Å²) in [5.74, 6) is 0. The standard InChI is InChI=1S/C36H37P3/c1-30(38(33-20-10-4-11-21-33)34-22-12-5-13-23-34)28-37(32-18-8-3-9-19-32)29-31(2)39(35-24-14-6-15-25-35)36-26-16-7-17-27-36/h3-27,30-31H,28-29H2,1-2H3. The lowest BCUT2D eigenvalue weighted by molar-refractivity contribution is 1.07. The molecule has 5 aromatic rings. The quantitative estimate of drug-likeness (QED) is 0.144. The lowest BCUT2D eigenvalue weighted by atomic mass is 10.4. The molecule has 0 aliphatic heterocycles. The first kappa shape index (κ1) is 27.9. The van der Waals surface area contributed by atoms with Crippen LogP contribution in [-0.4, -0.2) is 23.6 Å². The van der Waals surface area contributed by atoms with E-state index in [1.165, 1.54) is 33.5 Å². The van der Waals surface area contributed by atoms with E-state index in [1.54, 1.807) is 5.30 Å². The molecule has 0 saturated heterocycles. The Morgan fingerprint density at radius 3 is 0.846 bits per heavy atom. The Hall–Kier alpha value is -2.61. The maximum Gasteiger partial charge on any atom is -0.0115 e. The topological polar surface area (TPSA) is 0 Å². The van der Waals surface area contributed by atoms with Crippen molar-refractivity contribution >= 4 is 50.3 Å². The summed E-state index contributed by atoms with van der Waals surface area (Å²) in [4.78, 5) is 0. The zero-order valence-corrected chi connectivity index (χ0v) is 25.5. The van der Waals surface area contributed by atoms with E-state index in [9.17, 15) is 0 Å². The van der Waals surface area contributed by atoms with E-state index in [4.69, 9.17) is 0 Å². The van der Waals surface area contributed by atoms with Crippen molar-refractivity contribution in [1.29, 1.82) is 0 Å². The van der Waals surface area contributed by atoms with Gasteiger partial charge in [0.05, 0.1) is 0 Å². The van der Waals surface area contributed by atoms with Crippen LogP contribution in [0.4, 0.5) is 0 Å². The molecule has 39 heavy (non-hydrogen) atoms. The molecule has 0 heterocycles. The second-order valence-corrected chi connectivity index (χ2v) is 17.7. The highest BCUT2D eigenvalue weighted by atomic mass is 31.1. The van der Waals surface area contributed by atoms with Crippen molar-refractivity contribution in [1.82, 2.24) is 0 Å². The molecule has 196 valence electrons. The molecular weight excluding hydrogens is 525 g/mol. The second-order valence-electron chi connectivity index (χ2n) is 10.0. The molecule has 0 aliphatic rings. The third-order valence-corrected chi connectivity index (χ3v) is 16.2. The average molecular weight is 563 g/mol. The van der Waals surface area contributed by atoms with Gasteiger partial charge in [0.2, 0.25) is 0 Å². The molecule has 2 atom stereocenters. The van der Waals surface area contributed by atoms with Gasteiger partial charge in [0.25, 0.3) is 0 Å². The van der Waals surface area contributed by atoms with Crippen molar-refractivity contribution in [2.45, 2.75) is 25.2 Å². The van der Waals surface area contributed by atoms with Crippen LogP contribution < -0.4 is 26.5 Å². The summed E-state index contributed by atoms with van der Waals surface area (Å²) in [5.41, 5.74) is 1.17. The summed E-state index contributed by atoms with van der Waals surface area (Å²) in [6.45, 7) is 5.01. The highest BCUT2D eigenvalue weighted by Crippen LogP contribution is 2.50. The summed E-state index contributed by atoms with van der Waals surface area (Å²) in [6.07, 6.45) is 2.48. The SMILES string of the molecule is CC(CP(CC(C)P(c1ccccc1)c1ccccc1)c1ccccc1)P(c1ccccc1)c1ccccc1. The third-order valence-electron chi connectivity index (χ3n) is 7.11. The van der Waals surface area contributed by atoms with E-state index in [1.807, 2.05) is 0 Å². The highest BCUT2D eigenvalue weighted by molar-refractivity contribution is 7.76. The largest absolute Gasteiger partial charge is 0.0740 e. The minimum atomic E-state index is -0.441. The third kappa shape index (κ3) is 7.33. The Balaban J connectivity index is 1.47. The van der Waals surface area contributed by atoms with Crippen LogP contribution >= 0.6 is 23.8 Å². The normalized spacial score (nSPS) is 13.7. The fourth-order valence-electron chi connectivity index (χ4n) is 5.40. The van der Waals surface area contributed by atoms with Crippen LogP contribution in [-0.2, 0) is 0 Å². The summed E-state index contributed by atoms with van der Waals surface area (Å²) < 4.78 is 0. The van der Waals surface area contributed by atoms with Gasteiger partial charge in [-0.2, -0.15) is 0 Å². The fraction of sp³-hybridized carbons (Fsp3) is 0.167. The maximum absolute atomic E-state index is 2.51. The Morgan fingerprint density at radius 1 is 0.359 bits per heavy atom. The summed E-state index contributed by atoms with van der Waals surface area (Å²) in [7, 11) is -1.21. The Bertz CT molecular complexity index is 1210. The first-order valence-corrected chi connectivity index (χ1v) is 18.3. The van der Waals surface area contributed by atoms with Crippen molar-refractivity contribution in [3.05, 3.63) is 152 Å². The molecule has 2 unspecified atom stereocenters. The lowest BCUT2D eigenvalue weighted by Crippen LogP contribution is -2.27. The van der Waals surface area contributed by atoms with Gasteiger partial charge in [-0.05, 0) is 66.0 Å². The van der Waals surface area contributed by atoms with Crippen LogP contribution in [0.25, 0.3) is 0 Å². The van der Waals surface area contributed by atoms with Gasteiger partial charge in [0.1, 0.15) is 0 Å². The van der Waals surface area contributed by atoms with Gasteiger partial charge in [-0.15, -0.1) is 0 Å². The molecule has 0 aliphatic carbocycles. The summed E-state index contributed by atoms with van der Waals surface area (Å²) in [6, 6.07) is 56.3. The van der Waals surface area contributed by atoms with Crippen molar-refractivity contribution in [3.63, 3.8) is 0 Å². The maximum atomic E-state index is 2.51.